The summed E-state index contributed by atoms with van der Waals surface area (Å²) in [4.78, 5) is 19.9. The van der Waals surface area contributed by atoms with Crippen molar-refractivity contribution >= 4 is 25.9 Å². The first-order valence-corrected chi connectivity index (χ1v) is 2.16. The summed E-state index contributed by atoms with van der Waals surface area (Å²) >= 11 is 0. The first-order chi connectivity index (χ1) is 3.27. The van der Waals surface area contributed by atoms with Crippen molar-refractivity contribution in [1.82, 2.24) is 0 Å². The van der Waals surface area contributed by atoms with E-state index in [4.69, 9.17) is 0 Å². The lowest BCUT2D eigenvalue weighted by Crippen LogP contribution is -1.62. The van der Waals surface area contributed by atoms with E-state index in [2.05, 4.69) is 14.3 Å². The van der Waals surface area contributed by atoms with Crippen molar-refractivity contribution in [2.75, 3.05) is 0 Å². The number of hydrogen-bond donors (Lipinski definition) is 0. The van der Waals surface area contributed by atoms with Crippen molar-refractivity contribution in [2.45, 2.75) is 0 Å². The van der Waals surface area contributed by atoms with Crippen LogP contribution in [0.25, 0.3) is 0 Å². The van der Waals surface area contributed by atoms with Gasteiger partial charge in [-0.2, -0.15) is 0 Å². The Labute approximate surface area is 42.0 Å². The van der Waals surface area contributed by atoms with E-state index < -0.39 is 11.6 Å². The summed E-state index contributed by atoms with van der Waals surface area (Å²) < 4.78 is 0. The van der Waals surface area contributed by atoms with Crippen LogP contribution in [0.4, 0.5) is 0 Å². The first-order valence-electron chi connectivity index (χ1n) is 1.66. The Bertz CT molecular complexity index is 182. The van der Waals surface area contributed by atoms with Gasteiger partial charge < -0.3 is 0 Å². The maximum atomic E-state index is 9.97. The lowest BCUT2D eigenvalue weighted by molar-refractivity contribution is -0.122. The molecule has 1 saturated carbocycles. The van der Waals surface area contributed by atoms with Gasteiger partial charge in [0.15, 0.2) is 0 Å². The monoisotopic (exact) mass is 112 g/mol. The van der Waals surface area contributed by atoms with Crippen LogP contribution >= 0.6 is 8.86 Å². The highest BCUT2D eigenvalue weighted by molar-refractivity contribution is 7.18. The molecule has 3 heteroatoms. The molecular formula is C4HO2P. The van der Waals surface area contributed by atoms with Crippen LogP contribution in [0.1, 0.15) is 0 Å². The third-order valence-corrected chi connectivity index (χ3v) is 0.973. The van der Waals surface area contributed by atoms with Crippen LogP contribution in [0.2, 0.25) is 0 Å². The first kappa shape index (κ1) is 4.45. The Hall–Kier alpha value is -0.710. The molecule has 1 aliphatic carbocycles. The number of hydrogen-bond acceptors (Lipinski definition) is 2. The van der Waals surface area contributed by atoms with Gasteiger partial charge in [-0.05, 0) is 0 Å². The van der Waals surface area contributed by atoms with Gasteiger partial charge in [0.1, 0.15) is 5.57 Å². The Balaban J connectivity index is 3.14. The molecule has 0 unspecified atom stereocenters. The van der Waals surface area contributed by atoms with Gasteiger partial charge in [0.25, 0.3) is 0 Å². The SMILES string of the molecule is O=C1C(=O)C1=C=P. The Morgan fingerprint density at radius 2 is 1.71 bits per heavy atom. The van der Waals surface area contributed by atoms with Gasteiger partial charge in [-0.15, -0.1) is 0 Å². The molecular weight excluding hydrogens is 111 g/mol. The normalized spacial score (nSPS) is 16.9. The topological polar surface area (TPSA) is 34.1 Å². The summed E-state index contributed by atoms with van der Waals surface area (Å²) in [6.07, 6.45) is 0. The molecule has 1 rings (SSSR count). The molecule has 0 spiro atoms. The third kappa shape index (κ3) is 0.449. The maximum absolute atomic E-state index is 9.97. The smallest absolute Gasteiger partial charge is 0.246 e. The van der Waals surface area contributed by atoms with Crippen LogP contribution in [0.5, 0.6) is 0 Å². The Morgan fingerprint density at radius 1 is 1.29 bits per heavy atom. The second-order valence-corrected chi connectivity index (χ2v) is 1.41. The third-order valence-electron chi connectivity index (χ3n) is 0.723. The molecule has 0 atom stereocenters. The predicted molar refractivity (Wildman–Crippen MR) is 26.8 cm³/mol. The van der Waals surface area contributed by atoms with Crippen LogP contribution in [-0.4, -0.2) is 17.0 Å². The van der Waals surface area contributed by atoms with Gasteiger partial charge in [0.2, 0.25) is 11.6 Å². The van der Waals surface area contributed by atoms with E-state index in [-0.39, 0.29) is 5.57 Å². The van der Waals surface area contributed by atoms with Gasteiger partial charge >= 0.3 is 0 Å². The van der Waals surface area contributed by atoms with Crippen LogP contribution < -0.4 is 0 Å². The number of carbonyl (C=O) groups is 2. The minimum Gasteiger partial charge on any atom is -0.284 e. The maximum Gasteiger partial charge on any atom is 0.246 e. The molecule has 0 aliphatic heterocycles. The molecule has 0 aromatic heterocycles. The van der Waals surface area contributed by atoms with Crippen molar-refractivity contribution in [1.29, 1.82) is 0 Å². The van der Waals surface area contributed by atoms with Crippen molar-refractivity contribution in [2.24, 2.45) is 0 Å². The molecule has 0 N–H and O–H groups in total. The Kier molecular flexibility index (Phi) is 0.717. The van der Waals surface area contributed by atoms with Crippen molar-refractivity contribution in [3.63, 3.8) is 0 Å². The quantitative estimate of drug-likeness (QED) is 0.185. The Morgan fingerprint density at radius 3 is 1.71 bits per heavy atom. The number of rotatable bonds is 0. The van der Waals surface area contributed by atoms with Gasteiger partial charge in [0.05, 0.1) is 0 Å². The zero-order chi connectivity index (χ0) is 5.44. The molecule has 7 heavy (non-hydrogen) atoms. The number of allylic oxidation sites excluding steroid dienone is 1. The molecule has 0 bridgehead atoms. The predicted octanol–water partition coefficient (Wildman–Crippen LogP) is -0.392. The summed E-state index contributed by atoms with van der Waals surface area (Å²) in [5, 5.41) is 0. The zero-order valence-corrected chi connectivity index (χ0v) is 4.32. The van der Waals surface area contributed by atoms with Crippen LogP contribution in [0.15, 0.2) is 5.57 Å². The summed E-state index contributed by atoms with van der Waals surface area (Å²) in [6.45, 7) is 0. The standard InChI is InChI=1S/C4HO2P/c5-3-2(1-7)4(3)6/h7H. The number of ketones is 2. The molecule has 34 valence electrons. The van der Waals surface area contributed by atoms with Crippen LogP contribution in [0.3, 0.4) is 0 Å². The fourth-order valence-electron chi connectivity index (χ4n) is 0.268. The largest absolute Gasteiger partial charge is 0.284 e. The van der Waals surface area contributed by atoms with E-state index in [0.29, 0.717) is 0 Å². The summed E-state index contributed by atoms with van der Waals surface area (Å²) in [5.74, 6) is -0.843. The summed E-state index contributed by atoms with van der Waals surface area (Å²) in [5.41, 5.74) is 2.41. The van der Waals surface area contributed by atoms with Gasteiger partial charge in [-0.25, -0.2) is 0 Å². The summed E-state index contributed by atoms with van der Waals surface area (Å²) in [6, 6.07) is 0. The fraction of sp³-hybridized carbons (Fsp3) is 0. The minimum atomic E-state index is -0.421. The highest BCUT2D eigenvalue weighted by Gasteiger charge is 2.40. The average molecular weight is 112 g/mol. The lowest BCUT2D eigenvalue weighted by atomic mass is 10.7. The summed E-state index contributed by atoms with van der Waals surface area (Å²) in [7, 11) is 2.77. The molecule has 0 saturated heterocycles. The van der Waals surface area contributed by atoms with E-state index in [1.165, 1.54) is 0 Å². The highest BCUT2D eigenvalue weighted by atomic mass is 31.0. The van der Waals surface area contributed by atoms with Gasteiger partial charge in [-0.3, -0.25) is 9.59 Å². The van der Waals surface area contributed by atoms with Crippen LogP contribution in [0, 0.1) is 0 Å². The number of carbonyl (C=O) groups excluding carboxylic acids is 2. The lowest BCUT2D eigenvalue weighted by Gasteiger charge is -1.36. The van der Waals surface area contributed by atoms with E-state index in [1.807, 2.05) is 0 Å². The second-order valence-electron chi connectivity index (χ2n) is 1.16. The second kappa shape index (κ2) is 1.13. The van der Waals surface area contributed by atoms with E-state index in [9.17, 15) is 9.59 Å². The zero-order valence-electron chi connectivity index (χ0n) is 3.32. The fourth-order valence-corrected chi connectivity index (χ4v) is 0.495. The van der Waals surface area contributed by atoms with E-state index in [0.717, 1.165) is 0 Å². The molecule has 0 aromatic rings. The molecule has 1 aliphatic rings. The molecule has 0 radical (unpaired) electrons. The number of Topliss-reactive ketones (excluding diaryl/α,β-unsaturated/α-hetero) is 2. The van der Waals surface area contributed by atoms with Gasteiger partial charge in [-0.1, -0.05) is 14.3 Å². The minimum absolute atomic E-state index is 0.150. The van der Waals surface area contributed by atoms with Crippen molar-refractivity contribution in [3.8, 4) is 0 Å². The molecule has 2 nitrogen and oxygen atoms in total. The van der Waals surface area contributed by atoms with Crippen molar-refractivity contribution < 1.29 is 9.59 Å². The van der Waals surface area contributed by atoms with E-state index in [1.54, 1.807) is 0 Å². The molecule has 1 fully saturated rings. The van der Waals surface area contributed by atoms with Gasteiger partial charge in [0, 0.05) is 0 Å². The molecule has 0 heterocycles. The average Bonchev–Trinajstić information content (AvgIpc) is 2.17. The van der Waals surface area contributed by atoms with Crippen molar-refractivity contribution in [3.05, 3.63) is 5.57 Å². The highest BCUT2D eigenvalue weighted by Crippen LogP contribution is 2.12. The van der Waals surface area contributed by atoms with Crippen LogP contribution in [-0.2, 0) is 9.59 Å². The molecule has 0 aromatic carbocycles. The van der Waals surface area contributed by atoms with E-state index >= 15 is 0 Å². The molecule has 0 amide bonds.